The van der Waals surface area contributed by atoms with E-state index in [0.29, 0.717) is 0 Å². The van der Waals surface area contributed by atoms with Crippen molar-refractivity contribution < 1.29 is 31.1 Å². The predicted molar refractivity (Wildman–Crippen MR) is 73.6 cm³/mol. The molecule has 5 nitrogen and oxygen atoms in total. The fourth-order valence-corrected chi connectivity index (χ4v) is 2.55. The summed E-state index contributed by atoms with van der Waals surface area (Å²) in [4.78, 5) is 11.2. The van der Waals surface area contributed by atoms with Crippen molar-refractivity contribution in [3.63, 3.8) is 0 Å². The zero-order chi connectivity index (χ0) is 17.0. The molecule has 2 aromatic carbocycles. The van der Waals surface area contributed by atoms with Crippen molar-refractivity contribution in [2.24, 2.45) is 0 Å². The molecule has 1 amide bonds. The molecule has 9 heteroatoms. The van der Waals surface area contributed by atoms with Crippen molar-refractivity contribution in [2.75, 3.05) is 6.61 Å². The predicted octanol–water partition coefficient (Wildman–Crippen LogP) is 1.99. The molecule has 0 heterocycles. The smallest absolute Gasteiger partial charge is 0.271 e. The summed E-state index contributed by atoms with van der Waals surface area (Å²) >= 11 is 0. The van der Waals surface area contributed by atoms with E-state index < -0.39 is 45.7 Å². The van der Waals surface area contributed by atoms with Crippen LogP contribution in [0.3, 0.4) is 0 Å². The van der Waals surface area contributed by atoms with Gasteiger partial charge >= 0.3 is 0 Å². The van der Waals surface area contributed by atoms with Crippen molar-refractivity contribution >= 4 is 15.9 Å². The third-order valence-electron chi connectivity index (χ3n) is 2.62. The highest BCUT2D eigenvalue weighted by Crippen LogP contribution is 2.17. The second kappa shape index (κ2) is 6.69. The summed E-state index contributed by atoms with van der Waals surface area (Å²) in [5.41, 5.74) is 0. The Morgan fingerprint density at radius 1 is 1.00 bits per heavy atom. The number of sulfonamides is 1. The quantitative estimate of drug-likeness (QED) is 0.900. The van der Waals surface area contributed by atoms with Gasteiger partial charge in [0.05, 0.1) is 4.90 Å². The van der Waals surface area contributed by atoms with Gasteiger partial charge in [-0.15, -0.1) is 0 Å². The summed E-state index contributed by atoms with van der Waals surface area (Å²) in [7, 11) is -4.21. The zero-order valence-corrected chi connectivity index (χ0v) is 12.2. The summed E-state index contributed by atoms with van der Waals surface area (Å²) in [6, 6.07) is 6.15. The molecule has 0 spiro atoms. The lowest BCUT2D eigenvalue weighted by Gasteiger charge is -2.09. The van der Waals surface area contributed by atoms with Crippen LogP contribution in [0, 0.1) is 17.5 Å². The van der Waals surface area contributed by atoms with Crippen LogP contribution in [-0.4, -0.2) is 20.9 Å². The van der Waals surface area contributed by atoms with Gasteiger partial charge in [-0.2, -0.15) is 0 Å². The first-order chi connectivity index (χ1) is 10.8. The van der Waals surface area contributed by atoms with Gasteiger partial charge in [-0.25, -0.2) is 26.3 Å². The van der Waals surface area contributed by atoms with Crippen LogP contribution in [0.4, 0.5) is 13.2 Å². The average Bonchev–Trinajstić information content (AvgIpc) is 2.48. The molecule has 0 saturated heterocycles. The zero-order valence-electron chi connectivity index (χ0n) is 11.4. The van der Waals surface area contributed by atoms with Gasteiger partial charge in [0.25, 0.3) is 15.9 Å². The summed E-state index contributed by atoms with van der Waals surface area (Å²) < 4.78 is 69.0. The molecule has 122 valence electrons. The maximum absolute atomic E-state index is 13.3. The van der Waals surface area contributed by atoms with Crippen LogP contribution in [0.1, 0.15) is 0 Å². The lowest BCUT2D eigenvalue weighted by molar-refractivity contribution is -0.121. The molecular formula is C14H10F3NO4S. The molecule has 0 aliphatic rings. The highest BCUT2D eigenvalue weighted by atomic mass is 32.2. The van der Waals surface area contributed by atoms with Gasteiger partial charge in [-0.3, -0.25) is 4.79 Å². The maximum Gasteiger partial charge on any atom is 0.271 e. The van der Waals surface area contributed by atoms with Gasteiger partial charge in [-0.05, 0) is 36.4 Å². The number of hydrogen-bond acceptors (Lipinski definition) is 4. The lowest BCUT2D eigenvalue weighted by Crippen LogP contribution is -2.34. The van der Waals surface area contributed by atoms with E-state index in [2.05, 4.69) is 0 Å². The summed E-state index contributed by atoms with van der Waals surface area (Å²) in [6.45, 7) is -0.846. The highest BCUT2D eigenvalue weighted by molar-refractivity contribution is 7.90. The number of amides is 1. The number of benzene rings is 2. The first kappa shape index (κ1) is 16.8. The molecule has 0 aromatic heterocycles. The number of halogens is 3. The van der Waals surface area contributed by atoms with Crippen LogP contribution < -0.4 is 9.46 Å². The summed E-state index contributed by atoms with van der Waals surface area (Å²) in [5.74, 6) is -3.95. The van der Waals surface area contributed by atoms with Crippen molar-refractivity contribution in [3.05, 3.63) is 59.9 Å². The molecule has 0 fully saturated rings. The molecule has 0 aliphatic heterocycles. The Morgan fingerprint density at radius 3 is 2.26 bits per heavy atom. The second-order valence-electron chi connectivity index (χ2n) is 4.35. The molecule has 0 atom stereocenters. The molecule has 0 bridgehead atoms. The average molecular weight is 345 g/mol. The van der Waals surface area contributed by atoms with E-state index >= 15 is 0 Å². The van der Waals surface area contributed by atoms with Crippen molar-refractivity contribution in [1.29, 1.82) is 0 Å². The van der Waals surface area contributed by atoms with E-state index in [-0.39, 0.29) is 4.90 Å². The Kier molecular flexibility index (Phi) is 4.89. The van der Waals surface area contributed by atoms with Crippen LogP contribution in [0.25, 0.3) is 0 Å². The molecule has 2 rings (SSSR count). The first-order valence-corrected chi connectivity index (χ1v) is 7.65. The minimum atomic E-state index is -4.21. The van der Waals surface area contributed by atoms with E-state index in [1.807, 2.05) is 0 Å². The fourth-order valence-electron chi connectivity index (χ4n) is 1.58. The van der Waals surface area contributed by atoms with Crippen molar-refractivity contribution in [3.8, 4) is 5.75 Å². The largest absolute Gasteiger partial charge is 0.481 e. The van der Waals surface area contributed by atoms with Gasteiger partial charge in [-0.1, -0.05) is 0 Å². The molecule has 1 N–H and O–H groups in total. The molecule has 0 unspecified atom stereocenters. The normalized spacial score (nSPS) is 11.1. The molecular weight excluding hydrogens is 335 g/mol. The van der Waals surface area contributed by atoms with Gasteiger partial charge in [0.1, 0.15) is 11.6 Å². The monoisotopic (exact) mass is 345 g/mol. The van der Waals surface area contributed by atoms with E-state index in [9.17, 15) is 26.4 Å². The van der Waals surface area contributed by atoms with Gasteiger partial charge in [0.15, 0.2) is 18.2 Å². The Bertz CT molecular complexity index is 822. The van der Waals surface area contributed by atoms with Crippen LogP contribution in [-0.2, 0) is 14.8 Å². The van der Waals surface area contributed by atoms with Crippen LogP contribution in [0.2, 0.25) is 0 Å². The third kappa shape index (κ3) is 4.46. The maximum atomic E-state index is 13.3. The molecule has 23 heavy (non-hydrogen) atoms. The molecule has 0 aliphatic carbocycles. The van der Waals surface area contributed by atoms with E-state index in [1.54, 1.807) is 4.72 Å². The Balaban J connectivity index is 2.01. The van der Waals surface area contributed by atoms with Crippen LogP contribution in [0.5, 0.6) is 5.75 Å². The van der Waals surface area contributed by atoms with E-state index in [1.165, 1.54) is 0 Å². The molecule has 0 saturated carbocycles. The van der Waals surface area contributed by atoms with Gasteiger partial charge in [0, 0.05) is 6.07 Å². The van der Waals surface area contributed by atoms with Crippen LogP contribution >= 0.6 is 0 Å². The van der Waals surface area contributed by atoms with Gasteiger partial charge < -0.3 is 4.74 Å². The van der Waals surface area contributed by atoms with Crippen LogP contribution in [0.15, 0.2) is 47.4 Å². The number of carbonyl (C=O) groups is 1. The van der Waals surface area contributed by atoms with E-state index in [0.717, 1.165) is 42.5 Å². The Morgan fingerprint density at radius 2 is 1.61 bits per heavy atom. The molecule has 0 radical (unpaired) electrons. The SMILES string of the molecule is O=C(COc1cc(F)ccc1F)NS(=O)(=O)c1ccc(F)cc1. The van der Waals surface area contributed by atoms with Crippen molar-refractivity contribution in [1.82, 2.24) is 4.72 Å². The minimum Gasteiger partial charge on any atom is -0.481 e. The number of rotatable bonds is 5. The van der Waals surface area contributed by atoms with Gasteiger partial charge in [0.2, 0.25) is 0 Å². The van der Waals surface area contributed by atoms with E-state index in [4.69, 9.17) is 4.74 Å². The second-order valence-corrected chi connectivity index (χ2v) is 6.03. The fraction of sp³-hybridized carbons (Fsp3) is 0.0714. The minimum absolute atomic E-state index is 0.329. The first-order valence-electron chi connectivity index (χ1n) is 6.17. The Hall–Kier alpha value is -2.55. The number of nitrogens with one attached hydrogen (secondary N) is 1. The Labute approximate surface area is 129 Å². The summed E-state index contributed by atoms with van der Waals surface area (Å²) in [6.07, 6.45) is 0. The van der Waals surface area contributed by atoms with Crippen molar-refractivity contribution in [2.45, 2.75) is 4.90 Å². The number of carbonyl (C=O) groups excluding carboxylic acids is 1. The standard InChI is InChI=1S/C14H10F3NO4S/c15-9-1-4-11(5-2-9)23(20,21)18-14(19)8-22-13-7-10(16)3-6-12(13)17/h1-7H,8H2,(H,18,19). The topological polar surface area (TPSA) is 72.5 Å². The number of hydrogen-bond donors (Lipinski definition) is 1. The summed E-state index contributed by atoms with van der Waals surface area (Å²) in [5, 5.41) is 0. The highest BCUT2D eigenvalue weighted by Gasteiger charge is 2.18. The third-order valence-corrected chi connectivity index (χ3v) is 4.01. The molecule has 2 aromatic rings. The lowest BCUT2D eigenvalue weighted by atomic mass is 10.3. The number of ether oxygens (including phenoxy) is 1.